The predicted molar refractivity (Wildman–Crippen MR) is 65.2 cm³/mol. The Bertz CT molecular complexity index is 401. The Hall–Kier alpha value is -1.35. The van der Waals surface area contributed by atoms with Gasteiger partial charge in [-0.05, 0) is 18.4 Å². The van der Waals surface area contributed by atoms with Crippen LogP contribution in [0, 0.1) is 5.92 Å². The molecule has 1 heterocycles. The molecule has 1 unspecified atom stereocenters. The van der Waals surface area contributed by atoms with Crippen LogP contribution in [0.15, 0.2) is 24.3 Å². The predicted octanol–water partition coefficient (Wildman–Crippen LogP) is 2.08. The van der Waals surface area contributed by atoms with E-state index in [0.717, 1.165) is 24.2 Å². The summed E-state index contributed by atoms with van der Waals surface area (Å²) < 4.78 is 0. The van der Waals surface area contributed by atoms with Crippen LogP contribution in [0.4, 0.5) is 5.69 Å². The Balaban J connectivity index is 2.23. The average molecular weight is 218 g/mol. The van der Waals surface area contributed by atoms with Crippen LogP contribution in [0.1, 0.15) is 31.9 Å². The van der Waals surface area contributed by atoms with Gasteiger partial charge in [0.05, 0.1) is 0 Å². The highest BCUT2D eigenvalue weighted by molar-refractivity contribution is 6.04. The van der Waals surface area contributed by atoms with Crippen molar-refractivity contribution in [1.29, 1.82) is 0 Å². The third-order valence-corrected chi connectivity index (χ3v) is 3.02. The van der Waals surface area contributed by atoms with Crippen LogP contribution in [-0.2, 0) is 4.79 Å². The van der Waals surface area contributed by atoms with Crippen LogP contribution in [0.2, 0.25) is 0 Å². The minimum absolute atomic E-state index is 0.0295. The van der Waals surface area contributed by atoms with Crippen molar-refractivity contribution < 1.29 is 4.79 Å². The second kappa shape index (κ2) is 4.26. The average Bonchev–Trinajstić information content (AvgIpc) is 2.50. The number of hydrogen-bond donors (Lipinski definition) is 1. The minimum atomic E-state index is -0.469. The maximum absolute atomic E-state index is 12.0. The third kappa shape index (κ3) is 1.83. The maximum atomic E-state index is 12.0. The Morgan fingerprint density at radius 3 is 2.75 bits per heavy atom. The zero-order chi connectivity index (χ0) is 11.7. The van der Waals surface area contributed by atoms with Crippen LogP contribution < -0.4 is 10.6 Å². The van der Waals surface area contributed by atoms with Crippen LogP contribution in [0.25, 0.3) is 0 Å². The molecule has 0 bridgehead atoms. The molecule has 2 N–H and O–H groups in total. The summed E-state index contributed by atoms with van der Waals surface area (Å²) in [7, 11) is 0. The summed E-state index contributed by atoms with van der Waals surface area (Å²) >= 11 is 0. The summed E-state index contributed by atoms with van der Waals surface area (Å²) in [6.45, 7) is 5.08. The first-order valence-corrected chi connectivity index (χ1v) is 5.77. The van der Waals surface area contributed by atoms with Crippen LogP contribution in [-0.4, -0.2) is 12.5 Å². The van der Waals surface area contributed by atoms with E-state index in [0.29, 0.717) is 5.92 Å². The van der Waals surface area contributed by atoms with E-state index in [1.165, 1.54) is 0 Å². The van der Waals surface area contributed by atoms with Crippen molar-refractivity contribution in [3.8, 4) is 0 Å². The van der Waals surface area contributed by atoms with Crippen molar-refractivity contribution in [2.75, 3.05) is 11.4 Å². The molecular formula is C13H18N2O. The summed E-state index contributed by atoms with van der Waals surface area (Å²) in [6, 6.07) is 7.32. The van der Waals surface area contributed by atoms with Gasteiger partial charge < -0.3 is 10.6 Å². The first-order chi connectivity index (χ1) is 7.61. The summed E-state index contributed by atoms with van der Waals surface area (Å²) in [6.07, 6.45) is 1.01. The standard InChI is InChI=1S/C13H18N2O/c1-9(2)7-8-15-11-6-4-3-5-10(11)12(14)13(15)16/h3-6,9,12H,7-8,14H2,1-2H3. The number of nitrogens with two attached hydrogens (primary N) is 1. The Labute approximate surface area is 96.2 Å². The molecule has 1 aromatic rings. The monoisotopic (exact) mass is 218 g/mol. The molecule has 0 aromatic heterocycles. The molecule has 0 spiro atoms. The number of rotatable bonds is 3. The Morgan fingerprint density at radius 1 is 1.38 bits per heavy atom. The summed E-state index contributed by atoms with van der Waals surface area (Å²) in [4.78, 5) is 13.8. The van der Waals surface area contributed by atoms with E-state index < -0.39 is 6.04 Å². The fourth-order valence-electron chi connectivity index (χ4n) is 2.03. The molecule has 3 heteroatoms. The lowest BCUT2D eigenvalue weighted by Crippen LogP contribution is -2.33. The van der Waals surface area contributed by atoms with Crippen LogP contribution in [0.5, 0.6) is 0 Å². The van der Waals surface area contributed by atoms with Crippen molar-refractivity contribution >= 4 is 11.6 Å². The van der Waals surface area contributed by atoms with E-state index in [4.69, 9.17) is 5.73 Å². The van der Waals surface area contributed by atoms with Crippen molar-refractivity contribution in [3.05, 3.63) is 29.8 Å². The molecule has 1 aromatic carbocycles. The molecule has 2 rings (SSSR count). The largest absolute Gasteiger partial charge is 0.316 e. The number of carbonyl (C=O) groups is 1. The van der Waals surface area contributed by atoms with Gasteiger partial charge in [-0.3, -0.25) is 4.79 Å². The molecule has 0 saturated heterocycles. The quantitative estimate of drug-likeness (QED) is 0.844. The lowest BCUT2D eigenvalue weighted by atomic mass is 10.1. The van der Waals surface area contributed by atoms with Crippen LogP contribution >= 0.6 is 0 Å². The molecule has 0 saturated carbocycles. The van der Waals surface area contributed by atoms with E-state index in [-0.39, 0.29) is 5.91 Å². The van der Waals surface area contributed by atoms with Gasteiger partial charge in [0.2, 0.25) is 5.91 Å². The van der Waals surface area contributed by atoms with E-state index in [1.807, 2.05) is 29.2 Å². The highest BCUT2D eigenvalue weighted by Crippen LogP contribution is 2.34. The normalized spacial score (nSPS) is 19.4. The van der Waals surface area contributed by atoms with Gasteiger partial charge in [0.25, 0.3) is 0 Å². The molecule has 0 fully saturated rings. The topological polar surface area (TPSA) is 46.3 Å². The van der Waals surface area contributed by atoms with Gasteiger partial charge in [0, 0.05) is 17.8 Å². The van der Waals surface area contributed by atoms with Crippen LogP contribution in [0.3, 0.4) is 0 Å². The fraction of sp³-hybridized carbons (Fsp3) is 0.462. The van der Waals surface area contributed by atoms with Gasteiger partial charge >= 0.3 is 0 Å². The van der Waals surface area contributed by atoms with Gasteiger partial charge in [-0.2, -0.15) is 0 Å². The lowest BCUT2D eigenvalue weighted by Gasteiger charge is -2.18. The highest BCUT2D eigenvalue weighted by Gasteiger charge is 2.33. The molecule has 86 valence electrons. The van der Waals surface area contributed by atoms with Gasteiger partial charge in [-0.1, -0.05) is 32.0 Å². The Kier molecular flexibility index (Phi) is 2.97. The summed E-state index contributed by atoms with van der Waals surface area (Å²) in [5.74, 6) is 0.624. The van der Waals surface area contributed by atoms with Gasteiger partial charge in [0.15, 0.2) is 0 Å². The molecule has 3 nitrogen and oxygen atoms in total. The van der Waals surface area contributed by atoms with E-state index in [2.05, 4.69) is 13.8 Å². The van der Waals surface area contributed by atoms with Crippen molar-refractivity contribution in [2.24, 2.45) is 11.7 Å². The van der Waals surface area contributed by atoms with Gasteiger partial charge in [-0.15, -0.1) is 0 Å². The number of amides is 1. The number of nitrogens with zero attached hydrogens (tertiary/aromatic N) is 1. The van der Waals surface area contributed by atoms with Crippen molar-refractivity contribution in [1.82, 2.24) is 0 Å². The van der Waals surface area contributed by atoms with Gasteiger partial charge in [0.1, 0.15) is 6.04 Å². The number of carbonyl (C=O) groups excluding carboxylic acids is 1. The molecule has 0 aliphatic carbocycles. The SMILES string of the molecule is CC(C)CCN1C(=O)C(N)c2ccccc21. The summed E-state index contributed by atoms with van der Waals surface area (Å²) in [5, 5.41) is 0. The molecule has 1 aliphatic rings. The van der Waals surface area contributed by atoms with Gasteiger partial charge in [-0.25, -0.2) is 0 Å². The number of hydrogen-bond acceptors (Lipinski definition) is 2. The number of fused-ring (bicyclic) bond motifs is 1. The zero-order valence-corrected chi connectivity index (χ0v) is 9.81. The molecule has 1 aliphatic heterocycles. The van der Waals surface area contributed by atoms with E-state index in [1.54, 1.807) is 0 Å². The first kappa shape index (κ1) is 11.1. The van der Waals surface area contributed by atoms with E-state index >= 15 is 0 Å². The molecule has 16 heavy (non-hydrogen) atoms. The van der Waals surface area contributed by atoms with Crippen molar-refractivity contribution in [2.45, 2.75) is 26.3 Å². The summed E-state index contributed by atoms with van der Waals surface area (Å²) in [5.41, 5.74) is 7.84. The molecule has 1 amide bonds. The third-order valence-electron chi connectivity index (χ3n) is 3.02. The number of benzene rings is 1. The fourth-order valence-corrected chi connectivity index (χ4v) is 2.03. The highest BCUT2D eigenvalue weighted by atomic mass is 16.2. The second-order valence-electron chi connectivity index (χ2n) is 4.71. The minimum Gasteiger partial charge on any atom is -0.316 e. The lowest BCUT2D eigenvalue weighted by molar-refractivity contribution is -0.119. The Morgan fingerprint density at radius 2 is 2.06 bits per heavy atom. The molecule has 1 atom stereocenters. The molecular weight excluding hydrogens is 200 g/mol. The maximum Gasteiger partial charge on any atom is 0.248 e. The number of anilines is 1. The second-order valence-corrected chi connectivity index (χ2v) is 4.71. The van der Waals surface area contributed by atoms with E-state index in [9.17, 15) is 4.79 Å². The van der Waals surface area contributed by atoms with Crippen molar-refractivity contribution in [3.63, 3.8) is 0 Å². The number of para-hydroxylation sites is 1. The zero-order valence-electron chi connectivity index (χ0n) is 9.81. The molecule has 0 radical (unpaired) electrons. The smallest absolute Gasteiger partial charge is 0.248 e. The first-order valence-electron chi connectivity index (χ1n) is 5.77.